The predicted octanol–water partition coefficient (Wildman–Crippen LogP) is 3.63. The van der Waals surface area contributed by atoms with Crippen LogP contribution in [0.4, 0.5) is 11.4 Å². The molecule has 1 atom stereocenters. The zero-order valence-corrected chi connectivity index (χ0v) is 17.2. The van der Waals surface area contributed by atoms with Crippen LogP contribution in [0.25, 0.3) is 0 Å². The maximum absolute atomic E-state index is 13.8. The van der Waals surface area contributed by atoms with E-state index in [4.69, 9.17) is 0 Å². The summed E-state index contributed by atoms with van der Waals surface area (Å²) in [6.45, 7) is 7.63. The minimum absolute atomic E-state index is 0.147. The number of nitrogens with zero attached hydrogens (tertiary/aromatic N) is 2. The van der Waals surface area contributed by atoms with E-state index in [2.05, 4.69) is 5.32 Å². The number of amides is 3. The van der Waals surface area contributed by atoms with Gasteiger partial charge in [-0.15, -0.1) is 0 Å². The van der Waals surface area contributed by atoms with Gasteiger partial charge in [0.05, 0.1) is 11.3 Å². The second-order valence-corrected chi connectivity index (χ2v) is 8.10. The van der Waals surface area contributed by atoms with Gasteiger partial charge in [0.1, 0.15) is 0 Å². The molecular weight excluding hydrogens is 366 g/mol. The molecular formula is C23H25N3O3. The minimum Gasteiger partial charge on any atom is -0.322 e. The smallest absolute Gasteiger partial charge is 0.271 e. The number of anilines is 2. The van der Waals surface area contributed by atoms with Crippen molar-refractivity contribution in [2.24, 2.45) is 0 Å². The van der Waals surface area contributed by atoms with Crippen LogP contribution in [-0.4, -0.2) is 34.3 Å². The highest BCUT2D eigenvalue weighted by Crippen LogP contribution is 2.46. The van der Waals surface area contributed by atoms with E-state index >= 15 is 0 Å². The number of carbonyl (C=O) groups is 3. The molecule has 0 radical (unpaired) electrons. The van der Waals surface area contributed by atoms with Gasteiger partial charge in [0.25, 0.3) is 11.8 Å². The van der Waals surface area contributed by atoms with Crippen LogP contribution in [0.3, 0.4) is 0 Å². The Morgan fingerprint density at radius 3 is 2.55 bits per heavy atom. The molecule has 0 spiro atoms. The van der Waals surface area contributed by atoms with Crippen molar-refractivity contribution in [2.75, 3.05) is 10.2 Å². The molecule has 150 valence electrons. The Morgan fingerprint density at radius 2 is 1.83 bits per heavy atom. The second-order valence-electron chi connectivity index (χ2n) is 8.10. The molecule has 4 rings (SSSR count). The van der Waals surface area contributed by atoms with Crippen LogP contribution in [0.1, 0.15) is 48.2 Å². The van der Waals surface area contributed by atoms with E-state index in [0.29, 0.717) is 16.9 Å². The first kappa shape index (κ1) is 19.2. The third-order valence-corrected chi connectivity index (χ3v) is 5.82. The molecule has 2 aromatic rings. The van der Waals surface area contributed by atoms with Gasteiger partial charge in [0.2, 0.25) is 11.6 Å². The SMILES string of the molecule is Cc1ccc(C)c(NC(=O)[C@@]23CCC(=O)N2c2ccccc2C(=O)N3C(C)C)c1. The first-order valence-electron chi connectivity index (χ1n) is 9.92. The summed E-state index contributed by atoms with van der Waals surface area (Å²) in [7, 11) is 0. The molecule has 0 aromatic heterocycles. The van der Waals surface area contributed by atoms with E-state index in [1.54, 1.807) is 29.2 Å². The molecule has 6 nitrogen and oxygen atoms in total. The largest absolute Gasteiger partial charge is 0.322 e. The van der Waals surface area contributed by atoms with Crippen molar-refractivity contribution in [2.45, 2.75) is 52.2 Å². The third kappa shape index (κ3) is 2.74. The number of hydrogen-bond acceptors (Lipinski definition) is 3. The lowest BCUT2D eigenvalue weighted by molar-refractivity contribution is -0.129. The zero-order valence-electron chi connectivity index (χ0n) is 17.2. The Balaban J connectivity index is 1.88. The maximum atomic E-state index is 13.8. The molecule has 3 amide bonds. The number of benzene rings is 2. The predicted molar refractivity (Wildman–Crippen MR) is 112 cm³/mol. The van der Waals surface area contributed by atoms with E-state index in [0.717, 1.165) is 11.1 Å². The van der Waals surface area contributed by atoms with Crippen LogP contribution >= 0.6 is 0 Å². The summed E-state index contributed by atoms with van der Waals surface area (Å²) < 4.78 is 0. The van der Waals surface area contributed by atoms with Crippen molar-refractivity contribution in [3.63, 3.8) is 0 Å². The molecule has 2 aliphatic heterocycles. The summed E-state index contributed by atoms with van der Waals surface area (Å²) in [4.78, 5) is 43.2. The fraction of sp³-hybridized carbons (Fsp3) is 0.348. The molecule has 0 aliphatic carbocycles. The van der Waals surface area contributed by atoms with Crippen molar-refractivity contribution >= 4 is 29.1 Å². The van der Waals surface area contributed by atoms with Crippen LogP contribution < -0.4 is 10.2 Å². The lowest BCUT2D eigenvalue weighted by atomic mass is 9.93. The molecule has 0 unspecified atom stereocenters. The van der Waals surface area contributed by atoms with Gasteiger partial charge < -0.3 is 10.2 Å². The summed E-state index contributed by atoms with van der Waals surface area (Å²) in [6, 6.07) is 12.6. The fourth-order valence-corrected chi connectivity index (χ4v) is 4.50. The van der Waals surface area contributed by atoms with Crippen LogP contribution in [-0.2, 0) is 9.59 Å². The number of hydrogen-bond donors (Lipinski definition) is 1. The van der Waals surface area contributed by atoms with Gasteiger partial charge in [-0.05, 0) is 57.0 Å². The molecule has 2 aliphatic rings. The standard InChI is InChI=1S/C23H25N3O3/c1-14(2)25-21(28)17-7-5-6-8-19(17)26-20(27)11-12-23(25,26)22(29)24-18-13-15(3)9-10-16(18)4/h5-10,13-14H,11-12H2,1-4H3,(H,24,29)/t23-/m1/s1. The molecule has 29 heavy (non-hydrogen) atoms. The topological polar surface area (TPSA) is 69.7 Å². The van der Waals surface area contributed by atoms with E-state index in [1.165, 1.54) is 4.90 Å². The molecule has 2 aromatic carbocycles. The van der Waals surface area contributed by atoms with Gasteiger partial charge in [-0.2, -0.15) is 0 Å². The summed E-state index contributed by atoms with van der Waals surface area (Å²) in [5.41, 5.74) is 2.23. The first-order valence-corrected chi connectivity index (χ1v) is 9.92. The van der Waals surface area contributed by atoms with Crippen molar-refractivity contribution in [1.82, 2.24) is 4.90 Å². The maximum Gasteiger partial charge on any atom is 0.271 e. The van der Waals surface area contributed by atoms with Crippen LogP contribution in [0.15, 0.2) is 42.5 Å². The Kier molecular flexibility index (Phi) is 4.45. The van der Waals surface area contributed by atoms with E-state index in [1.807, 2.05) is 45.9 Å². The highest BCUT2D eigenvalue weighted by Gasteiger charge is 2.61. The van der Waals surface area contributed by atoms with Crippen molar-refractivity contribution in [3.8, 4) is 0 Å². The molecule has 1 saturated heterocycles. The van der Waals surface area contributed by atoms with E-state index < -0.39 is 5.66 Å². The number of carbonyl (C=O) groups excluding carboxylic acids is 3. The van der Waals surface area contributed by atoms with Gasteiger partial charge >= 0.3 is 0 Å². The Hall–Kier alpha value is -3.15. The quantitative estimate of drug-likeness (QED) is 0.869. The Morgan fingerprint density at radius 1 is 1.10 bits per heavy atom. The van der Waals surface area contributed by atoms with Crippen molar-refractivity contribution in [1.29, 1.82) is 0 Å². The second kappa shape index (κ2) is 6.72. The number of fused-ring (bicyclic) bond motifs is 3. The molecule has 0 bridgehead atoms. The van der Waals surface area contributed by atoms with Gasteiger partial charge in [-0.1, -0.05) is 24.3 Å². The molecule has 1 fully saturated rings. The lowest BCUT2D eigenvalue weighted by Crippen LogP contribution is -2.70. The lowest BCUT2D eigenvalue weighted by Gasteiger charge is -2.50. The summed E-state index contributed by atoms with van der Waals surface area (Å²) in [5.74, 6) is -0.724. The molecule has 2 heterocycles. The van der Waals surface area contributed by atoms with E-state index in [-0.39, 0.29) is 36.6 Å². The van der Waals surface area contributed by atoms with Crippen LogP contribution in [0.2, 0.25) is 0 Å². The molecule has 1 N–H and O–H groups in total. The first-order chi connectivity index (χ1) is 13.8. The van der Waals surface area contributed by atoms with Gasteiger partial charge in [-0.3, -0.25) is 19.3 Å². The summed E-state index contributed by atoms with van der Waals surface area (Å²) >= 11 is 0. The van der Waals surface area contributed by atoms with Crippen molar-refractivity contribution < 1.29 is 14.4 Å². The van der Waals surface area contributed by atoms with Crippen molar-refractivity contribution in [3.05, 3.63) is 59.2 Å². The van der Waals surface area contributed by atoms with Gasteiger partial charge in [0.15, 0.2) is 0 Å². The van der Waals surface area contributed by atoms with Gasteiger partial charge in [-0.25, -0.2) is 0 Å². The minimum atomic E-state index is -1.37. The number of para-hydroxylation sites is 1. The van der Waals surface area contributed by atoms with Gasteiger partial charge in [0, 0.05) is 24.6 Å². The zero-order chi connectivity index (χ0) is 20.9. The normalized spacial score (nSPS) is 20.7. The average molecular weight is 391 g/mol. The molecule has 6 heteroatoms. The molecule has 0 saturated carbocycles. The monoisotopic (exact) mass is 391 g/mol. The van der Waals surface area contributed by atoms with E-state index in [9.17, 15) is 14.4 Å². The average Bonchev–Trinajstić information content (AvgIpc) is 3.03. The number of nitrogens with one attached hydrogen (secondary N) is 1. The highest BCUT2D eigenvalue weighted by molar-refractivity contribution is 6.18. The number of rotatable bonds is 3. The van der Waals surface area contributed by atoms with Crippen LogP contribution in [0, 0.1) is 13.8 Å². The summed E-state index contributed by atoms with van der Waals surface area (Å²) in [6.07, 6.45) is 0.478. The fourth-order valence-electron chi connectivity index (χ4n) is 4.50. The number of aryl methyl sites for hydroxylation is 2. The van der Waals surface area contributed by atoms with Crippen LogP contribution in [0.5, 0.6) is 0 Å². The Bertz CT molecular complexity index is 1030. The third-order valence-electron chi connectivity index (χ3n) is 5.82. The Labute approximate surface area is 170 Å². The highest BCUT2D eigenvalue weighted by atomic mass is 16.2. The summed E-state index contributed by atoms with van der Waals surface area (Å²) in [5, 5.41) is 3.01.